The van der Waals surface area contributed by atoms with Gasteiger partial charge in [0.1, 0.15) is 0 Å². The molecule has 20 heavy (non-hydrogen) atoms. The van der Waals surface area contributed by atoms with Crippen LogP contribution in [0.15, 0.2) is 30.5 Å². The summed E-state index contributed by atoms with van der Waals surface area (Å²) in [6.07, 6.45) is 1.55. The van der Waals surface area contributed by atoms with Crippen LogP contribution in [0.25, 0.3) is 0 Å². The van der Waals surface area contributed by atoms with Gasteiger partial charge in [-0.05, 0) is 30.9 Å². The summed E-state index contributed by atoms with van der Waals surface area (Å²) in [4.78, 5) is 12.1. The number of aromatic amines is 1. The molecule has 1 aromatic heterocycles. The van der Waals surface area contributed by atoms with Gasteiger partial charge in [-0.3, -0.25) is 9.89 Å². The highest BCUT2D eigenvalue weighted by Gasteiger charge is 2.14. The van der Waals surface area contributed by atoms with Crippen LogP contribution in [0.2, 0.25) is 0 Å². The molecular weight excluding hydrogens is 250 g/mol. The maximum atomic E-state index is 12.1. The van der Waals surface area contributed by atoms with Crippen molar-refractivity contribution < 1.29 is 4.79 Å². The van der Waals surface area contributed by atoms with E-state index in [2.05, 4.69) is 53.6 Å². The van der Waals surface area contributed by atoms with Gasteiger partial charge < -0.3 is 5.32 Å². The summed E-state index contributed by atoms with van der Waals surface area (Å²) < 4.78 is 0. The van der Waals surface area contributed by atoms with Gasteiger partial charge in [0.15, 0.2) is 0 Å². The lowest BCUT2D eigenvalue weighted by Gasteiger charge is -2.15. The number of carbonyl (C=O) groups is 1. The Balaban J connectivity index is 2.06. The molecule has 4 nitrogen and oxygen atoms in total. The first-order valence-electron chi connectivity index (χ1n) is 6.89. The number of hydrogen-bond donors (Lipinski definition) is 2. The van der Waals surface area contributed by atoms with Gasteiger partial charge in [0.05, 0.1) is 17.8 Å². The van der Waals surface area contributed by atoms with Gasteiger partial charge in [0.2, 0.25) is 0 Å². The highest BCUT2D eigenvalue weighted by atomic mass is 16.1. The lowest BCUT2D eigenvalue weighted by Crippen LogP contribution is -2.26. The van der Waals surface area contributed by atoms with Gasteiger partial charge in [0, 0.05) is 5.69 Å². The van der Waals surface area contributed by atoms with Crippen LogP contribution in [0.4, 0.5) is 0 Å². The highest BCUT2D eigenvalue weighted by Crippen LogP contribution is 2.19. The third-order valence-corrected chi connectivity index (χ3v) is 3.53. The number of rotatable bonds is 4. The molecule has 106 valence electrons. The standard InChI is InChI=1S/C16H21N3O/c1-10(2)13-5-7-14(8-6-13)11(3)18-16(20)15-9-17-19-12(15)4/h5-11H,1-4H3,(H,17,19)(H,18,20). The van der Waals surface area contributed by atoms with Crippen molar-refractivity contribution >= 4 is 5.91 Å². The topological polar surface area (TPSA) is 57.8 Å². The second-order valence-electron chi connectivity index (χ2n) is 5.43. The van der Waals surface area contributed by atoms with Crippen molar-refractivity contribution in [3.63, 3.8) is 0 Å². The summed E-state index contributed by atoms with van der Waals surface area (Å²) in [7, 11) is 0. The SMILES string of the molecule is Cc1[nH]ncc1C(=O)NC(C)c1ccc(C(C)C)cc1. The van der Waals surface area contributed by atoms with Crippen LogP contribution in [0.1, 0.15) is 59.9 Å². The van der Waals surface area contributed by atoms with Crippen LogP contribution < -0.4 is 5.32 Å². The zero-order valence-corrected chi connectivity index (χ0v) is 12.4. The molecule has 2 N–H and O–H groups in total. The van der Waals surface area contributed by atoms with Crippen molar-refractivity contribution in [2.45, 2.75) is 39.7 Å². The highest BCUT2D eigenvalue weighted by molar-refractivity contribution is 5.95. The number of nitrogens with zero attached hydrogens (tertiary/aromatic N) is 1. The molecule has 0 aliphatic carbocycles. The number of amides is 1. The molecule has 0 saturated carbocycles. The lowest BCUT2D eigenvalue weighted by atomic mass is 9.99. The lowest BCUT2D eigenvalue weighted by molar-refractivity contribution is 0.0939. The average Bonchev–Trinajstić information content (AvgIpc) is 2.85. The molecule has 0 saturated heterocycles. The second-order valence-corrected chi connectivity index (χ2v) is 5.43. The van der Waals surface area contributed by atoms with Crippen molar-refractivity contribution in [1.29, 1.82) is 0 Å². The van der Waals surface area contributed by atoms with Gasteiger partial charge >= 0.3 is 0 Å². The Labute approximate surface area is 119 Å². The molecule has 2 rings (SSSR count). The van der Waals surface area contributed by atoms with Gasteiger partial charge in [-0.25, -0.2) is 0 Å². The van der Waals surface area contributed by atoms with Crippen molar-refractivity contribution in [3.8, 4) is 0 Å². The summed E-state index contributed by atoms with van der Waals surface area (Å²) in [6, 6.07) is 8.35. The summed E-state index contributed by atoms with van der Waals surface area (Å²) in [6.45, 7) is 8.16. The maximum Gasteiger partial charge on any atom is 0.255 e. The Kier molecular flexibility index (Phi) is 4.23. The summed E-state index contributed by atoms with van der Waals surface area (Å²) in [5.74, 6) is 0.416. The molecule has 1 atom stereocenters. The van der Waals surface area contributed by atoms with Crippen molar-refractivity contribution in [1.82, 2.24) is 15.5 Å². The van der Waals surface area contributed by atoms with E-state index < -0.39 is 0 Å². The molecule has 1 heterocycles. The Hall–Kier alpha value is -2.10. The third kappa shape index (κ3) is 3.07. The van der Waals surface area contributed by atoms with E-state index in [1.807, 2.05) is 13.8 Å². The Morgan fingerprint density at radius 2 is 1.75 bits per heavy atom. The molecule has 1 amide bonds. The van der Waals surface area contributed by atoms with E-state index in [1.54, 1.807) is 6.20 Å². The number of hydrogen-bond acceptors (Lipinski definition) is 2. The predicted molar refractivity (Wildman–Crippen MR) is 79.7 cm³/mol. The van der Waals surface area contributed by atoms with E-state index in [-0.39, 0.29) is 11.9 Å². The van der Waals surface area contributed by atoms with Gasteiger partial charge in [-0.1, -0.05) is 38.1 Å². The van der Waals surface area contributed by atoms with E-state index in [0.29, 0.717) is 11.5 Å². The molecule has 0 aliphatic rings. The molecule has 0 radical (unpaired) electrons. The fourth-order valence-electron chi connectivity index (χ4n) is 2.11. The summed E-state index contributed by atoms with van der Waals surface area (Å²) >= 11 is 0. The Bertz CT molecular complexity index is 584. The molecule has 0 fully saturated rings. The molecule has 4 heteroatoms. The molecule has 1 aromatic carbocycles. The van der Waals surface area contributed by atoms with Crippen LogP contribution in [0.3, 0.4) is 0 Å². The first-order chi connectivity index (χ1) is 9.49. The first-order valence-corrected chi connectivity index (χ1v) is 6.89. The van der Waals surface area contributed by atoms with E-state index >= 15 is 0 Å². The number of benzene rings is 1. The minimum absolute atomic E-state index is 0.0296. The second kappa shape index (κ2) is 5.90. The molecule has 0 aliphatic heterocycles. The zero-order valence-electron chi connectivity index (χ0n) is 12.4. The summed E-state index contributed by atoms with van der Waals surface area (Å²) in [5.41, 5.74) is 3.78. The molecule has 0 bridgehead atoms. The quantitative estimate of drug-likeness (QED) is 0.896. The maximum absolute atomic E-state index is 12.1. The molecule has 1 unspecified atom stereocenters. The van der Waals surface area contributed by atoms with E-state index in [1.165, 1.54) is 5.56 Å². The average molecular weight is 271 g/mol. The van der Waals surface area contributed by atoms with E-state index in [0.717, 1.165) is 11.3 Å². The number of H-pyrrole nitrogens is 1. The molecule has 2 aromatic rings. The minimum atomic E-state index is -0.100. The zero-order chi connectivity index (χ0) is 14.7. The van der Waals surface area contributed by atoms with Gasteiger partial charge in [-0.2, -0.15) is 5.10 Å². The van der Waals surface area contributed by atoms with Gasteiger partial charge in [0.25, 0.3) is 5.91 Å². The van der Waals surface area contributed by atoms with Crippen molar-refractivity contribution in [2.24, 2.45) is 0 Å². The molecular formula is C16H21N3O. The van der Waals surface area contributed by atoms with Crippen molar-refractivity contribution in [3.05, 3.63) is 52.8 Å². The third-order valence-electron chi connectivity index (χ3n) is 3.53. The minimum Gasteiger partial charge on any atom is -0.345 e. The number of carbonyl (C=O) groups excluding carboxylic acids is 1. The van der Waals surface area contributed by atoms with Crippen LogP contribution in [-0.4, -0.2) is 16.1 Å². The Morgan fingerprint density at radius 3 is 2.25 bits per heavy atom. The van der Waals surface area contributed by atoms with E-state index in [4.69, 9.17) is 0 Å². The van der Waals surface area contributed by atoms with E-state index in [9.17, 15) is 4.79 Å². The number of aryl methyl sites for hydroxylation is 1. The largest absolute Gasteiger partial charge is 0.345 e. The molecule has 0 spiro atoms. The van der Waals surface area contributed by atoms with Crippen molar-refractivity contribution in [2.75, 3.05) is 0 Å². The number of nitrogens with one attached hydrogen (secondary N) is 2. The van der Waals surface area contributed by atoms with Crippen LogP contribution in [0.5, 0.6) is 0 Å². The summed E-state index contributed by atoms with van der Waals surface area (Å²) in [5, 5.41) is 9.63. The Morgan fingerprint density at radius 1 is 1.15 bits per heavy atom. The van der Waals surface area contributed by atoms with Crippen LogP contribution in [0, 0.1) is 6.92 Å². The predicted octanol–water partition coefficient (Wildman–Crippen LogP) is 3.33. The number of aromatic nitrogens is 2. The fraction of sp³-hybridized carbons (Fsp3) is 0.375. The monoisotopic (exact) mass is 271 g/mol. The van der Waals surface area contributed by atoms with Gasteiger partial charge in [-0.15, -0.1) is 0 Å². The normalized spacial score (nSPS) is 12.4. The smallest absolute Gasteiger partial charge is 0.255 e. The fourth-order valence-corrected chi connectivity index (χ4v) is 2.11. The van der Waals surface area contributed by atoms with Crippen LogP contribution in [-0.2, 0) is 0 Å². The first kappa shape index (κ1) is 14.3. The van der Waals surface area contributed by atoms with Crippen LogP contribution >= 0.6 is 0 Å².